The van der Waals surface area contributed by atoms with Crippen LogP contribution in [0, 0.1) is 18.2 Å². The molecule has 1 aromatic heterocycles. The standard InChI is InChI=1S/C26H31FN2O3/c1-6-18-9-7-10-19(21(18)27)13-28-24(31)20-14-29-15-26(11-8-12-32-26)25(4,5)17(3)22(29)16(2)23(20)30/h7,9-10,14H,3,6,8,11-13,15H2,1-2,4-5H3,(H,28,31). The molecule has 0 saturated carbocycles. The topological polar surface area (TPSA) is 60.3 Å². The normalized spacial score (nSPS) is 21.6. The van der Waals surface area contributed by atoms with Crippen molar-refractivity contribution in [3.8, 4) is 0 Å². The van der Waals surface area contributed by atoms with Gasteiger partial charge in [0.05, 0.1) is 17.8 Å². The third-order valence-electron chi connectivity index (χ3n) is 7.44. The molecule has 0 bridgehead atoms. The fourth-order valence-electron chi connectivity index (χ4n) is 5.16. The van der Waals surface area contributed by atoms with Crippen molar-refractivity contribution in [3.63, 3.8) is 0 Å². The number of carbonyl (C=O) groups excluding carboxylic acids is 1. The third kappa shape index (κ3) is 3.32. The molecule has 32 heavy (non-hydrogen) atoms. The van der Waals surface area contributed by atoms with Crippen molar-refractivity contribution in [2.45, 2.75) is 65.6 Å². The monoisotopic (exact) mass is 438 g/mol. The Hall–Kier alpha value is -2.73. The van der Waals surface area contributed by atoms with Crippen LogP contribution in [0.1, 0.15) is 66.4 Å². The van der Waals surface area contributed by atoms with Gasteiger partial charge in [0.1, 0.15) is 11.4 Å². The van der Waals surface area contributed by atoms with Crippen LogP contribution in [-0.2, 0) is 24.2 Å². The molecule has 2 aromatic rings. The highest BCUT2D eigenvalue weighted by Gasteiger charge is 2.53. The van der Waals surface area contributed by atoms with Crippen LogP contribution in [0.4, 0.5) is 4.39 Å². The molecule has 4 rings (SSSR count). The average molecular weight is 439 g/mol. The lowest BCUT2D eigenvalue weighted by atomic mass is 9.65. The van der Waals surface area contributed by atoms with Gasteiger partial charge in [-0.3, -0.25) is 9.59 Å². The summed E-state index contributed by atoms with van der Waals surface area (Å²) in [6.45, 7) is 13.5. The highest BCUT2D eigenvalue weighted by Crippen LogP contribution is 2.53. The molecule has 1 amide bonds. The molecular weight excluding hydrogens is 407 g/mol. The second-order valence-corrected chi connectivity index (χ2v) is 9.45. The molecule has 2 aliphatic rings. The van der Waals surface area contributed by atoms with Crippen LogP contribution in [0.25, 0.3) is 5.57 Å². The smallest absolute Gasteiger partial charge is 0.257 e. The van der Waals surface area contributed by atoms with Gasteiger partial charge in [0.2, 0.25) is 0 Å². The Morgan fingerprint density at radius 1 is 1.31 bits per heavy atom. The number of benzene rings is 1. The lowest BCUT2D eigenvalue weighted by molar-refractivity contribution is -0.0784. The van der Waals surface area contributed by atoms with Crippen molar-refractivity contribution in [2.24, 2.45) is 5.41 Å². The number of amides is 1. The number of nitrogens with zero attached hydrogens (tertiary/aromatic N) is 1. The number of halogens is 1. The Morgan fingerprint density at radius 3 is 2.69 bits per heavy atom. The molecular formula is C26H31FN2O3. The zero-order chi connectivity index (χ0) is 23.3. The van der Waals surface area contributed by atoms with Crippen molar-refractivity contribution in [1.29, 1.82) is 0 Å². The van der Waals surface area contributed by atoms with E-state index < -0.39 is 11.5 Å². The van der Waals surface area contributed by atoms with Gasteiger partial charge in [-0.1, -0.05) is 45.5 Å². The van der Waals surface area contributed by atoms with E-state index in [1.54, 1.807) is 31.3 Å². The highest BCUT2D eigenvalue weighted by molar-refractivity contribution is 5.94. The zero-order valence-electron chi connectivity index (χ0n) is 19.3. The number of carbonyl (C=O) groups is 1. The van der Waals surface area contributed by atoms with Gasteiger partial charge < -0.3 is 14.6 Å². The molecule has 1 fully saturated rings. The number of hydrogen-bond donors (Lipinski definition) is 1. The average Bonchev–Trinajstić information content (AvgIpc) is 3.24. The Bertz CT molecular complexity index is 1160. The van der Waals surface area contributed by atoms with E-state index in [2.05, 4.69) is 25.7 Å². The summed E-state index contributed by atoms with van der Waals surface area (Å²) >= 11 is 0. The summed E-state index contributed by atoms with van der Waals surface area (Å²) in [5.41, 5.74) is 2.14. The van der Waals surface area contributed by atoms with E-state index in [0.29, 0.717) is 36.3 Å². The molecule has 1 spiro atoms. The summed E-state index contributed by atoms with van der Waals surface area (Å²) in [6, 6.07) is 5.15. The van der Waals surface area contributed by atoms with E-state index in [1.165, 1.54) is 0 Å². The van der Waals surface area contributed by atoms with Crippen LogP contribution in [0.3, 0.4) is 0 Å². The fourth-order valence-corrected chi connectivity index (χ4v) is 5.16. The number of rotatable bonds is 4. The highest BCUT2D eigenvalue weighted by atomic mass is 19.1. The van der Waals surface area contributed by atoms with Crippen LogP contribution >= 0.6 is 0 Å². The number of aromatic nitrogens is 1. The zero-order valence-corrected chi connectivity index (χ0v) is 19.3. The molecule has 6 heteroatoms. The van der Waals surface area contributed by atoms with Crippen LogP contribution in [0.15, 0.2) is 35.8 Å². The number of ether oxygens (including phenoxy) is 1. The van der Waals surface area contributed by atoms with Gasteiger partial charge in [0.15, 0.2) is 5.43 Å². The Morgan fingerprint density at radius 2 is 2.03 bits per heavy atom. The number of pyridine rings is 1. The number of aryl methyl sites for hydroxylation is 1. The molecule has 1 atom stereocenters. The Labute approximate surface area is 188 Å². The van der Waals surface area contributed by atoms with E-state index in [9.17, 15) is 14.0 Å². The first-order valence-electron chi connectivity index (χ1n) is 11.2. The van der Waals surface area contributed by atoms with Crippen molar-refractivity contribution in [2.75, 3.05) is 6.61 Å². The van der Waals surface area contributed by atoms with Crippen LogP contribution in [-0.4, -0.2) is 22.7 Å². The van der Waals surface area contributed by atoms with Gasteiger partial charge in [0, 0.05) is 35.9 Å². The first-order valence-corrected chi connectivity index (χ1v) is 11.2. The number of fused-ring (bicyclic) bond motifs is 1. The lowest BCUT2D eigenvalue weighted by Crippen LogP contribution is -2.52. The summed E-state index contributed by atoms with van der Waals surface area (Å²) in [4.78, 5) is 26.1. The van der Waals surface area contributed by atoms with E-state index in [4.69, 9.17) is 4.74 Å². The van der Waals surface area contributed by atoms with E-state index in [0.717, 1.165) is 24.1 Å². The van der Waals surface area contributed by atoms with Crippen molar-refractivity contribution >= 4 is 11.5 Å². The van der Waals surface area contributed by atoms with Crippen molar-refractivity contribution in [1.82, 2.24) is 9.88 Å². The molecule has 1 saturated heterocycles. The second-order valence-electron chi connectivity index (χ2n) is 9.45. The molecule has 3 heterocycles. The quantitative estimate of drug-likeness (QED) is 0.770. The molecule has 2 aliphatic heterocycles. The molecule has 0 radical (unpaired) electrons. The maximum atomic E-state index is 14.5. The summed E-state index contributed by atoms with van der Waals surface area (Å²) < 4.78 is 22.7. The predicted octanol–water partition coefficient (Wildman–Crippen LogP) is 4.39. The predicted molar refractivity (Wildman–Crippen MR) is 123 cm³/mol. The second kappa shape index (κ2) is 8.00. The van der Waals surface area contributed by atoms with Crippen LogP contribution in [0.5, 0.6) is 0 Å². The van der Waals surface area contributed by atoms with Crippen LogP contribution < -0.4 is 10.7 Å². The Balaban J connectivity index is 1.67. The van der Waals surface area contributed by atoms with E-state index in [-0.39, 0.29) is 28.8 Å². The maximum Gasteiger partial charge on any atom is 0.257 e. The first-order chi connectivity index (χ1) is 15.1. The SMILES string of the molecule is C=C1c2c(C)c(=O)c(C(=O)NCc3cccc(CC)c3F)cn2CC2(CCCO2)C1(C)C. The third-order valence-corrected chi connectivity index (χ3v) is 7.44. The largest absolute Gasteiger partial charge is 0.372 e. The molecule has 170 valence electrons. The van der Waals surface area contributed by atoms with Gasteiger partial charge in [-0.05, 0) is 37.3 Å². The minimum absolute atomic E-state index is 0.0194. The van der Waals surface area contributed by atoms with E-state index >= 15 is 0 Å². The van der Waals surface area contributed by atoms with Gasteiger partial charge in [0.25, 0.3) is 5.91 Å². The van der Waals surface area contributed by atoms with Gasteiger partial charge in [-0.2, -0.15) is 0 Å². The van der Waals surface area contributed by atoms with Gasteiger partial charge in [-0.15, -0.1) is 0 Å². The van der Waals surface area contributed by atoms with Gasteiger partial charge >= 0.3 is 0 Å². The summed E-state index contributed by atoms with van der Waals surface area (Å²) in [5, 5.41) is 2.72. The molecule has 0 aliphatic carbocycles. The molecule has 1 N–H and O–H groups in total. The summed E-state index contributed by atoms with van der Waals surface area (Å²) in [7, 11) is 0. The molecule has 5 nitrogen and oxygen atoms in total. The number of nitrogens with one attached hydrogen (secondary N) is 1. The summed E-state index contributed by atoms with van der Waals surface area (Å²) in [5.74, 6) is -0.820. The van der Waals surface area contributed by atoms with Crippen molar-refractivity contribution in [3.05, 3.63) is 75.0 Å². The minimum atomic E-state index is -0.508. The van der Waals surface area contributed by atoms with Crippen molar-refractivity contribution < 1.29 is 13.9 Å². The first kappa shape index (κ1) is 22.5. The molecule has 1 aromatic carbocycles. The number of hydrogen-bond acceptors (Lipinski definition) is 3. The molecule has 1 unspecified atom stereocenters. The minimum Gasteiger partial charge on any atom is -0.372 e. The maximum absolute atomic E-state index is 14.5. The Kier molecular flexibility index (Phi) is 5.61. The van der Waals surface area contributed by atoms with Gasteiger partial charge in [-0.25, -0.2) is 4.39 Å². The fraction of sp³-hybridized carbons (Fsp3) is 0.462. The van der Waals surface area contributed by atoms with E-state index in [1.807, 2.05) is 11.5 Å². The summed E-state index contributed by atoms with van der Waals surface area (Å²) in [6.07, 6.45) is 4.06. The lowest BCUT2D eigenvalue weighted by Gasteiger charge is -2.50. The van der Waals surface area contributed by atoms with Crippen LogP contribution in [0.2, 0.25) is 0 Å².